The van der Waals surface area contributed by atoms with Gasteiger partial charge in [0, 0.05) is 6.04 Å². The molecule has 1 aromatic carbocycles. The summed E-state index contributed by atoms with van der Waals surface area (Å²) in [5, 5.41) is 9.26. The van der Waals surface area contributed by atoms with Crippen LogP contribution in [-0.4, -0.2) is 19.6 Å². The molecule has 21 heavy (non-hydrogen) atoms. The van der Waals surface area contributed by atoms with E-state index in [1.54, 1.807) is 0 Å². The van der Waals surface area contributed by atoms with Crippen LogP contribution in [0.4, 0.5) is 4.39 Å². The largest absolute Gasteiger partial charge is 0.392 e. The summed E-state index contributed by atoms with van der Waals surface area (Å²) in [6.07, 6.45) is 3.67. The Morgan fingerprint density at radius 3 is 2.52 bits per heavy atom. The van der Waals surface area contributed by atoms with Gasteiger partial charge in [-0.15, -0.1) is 0 Å². The van der Waals surface area contributed by atoms with Crippen molar-refractivity contribution in [3.8, 4) is 0 Å². The summed E-state index contributed by atoms with van der Waals surface area (Å²) < 4.78 is 41.1. The molecule has 114 valence electrons. The fourth-order valence-electron chi connectivity index (χ4n) is 4.63. The molecule has 0 amide bonds. The molecule has 0 spiro atoms. The number of hydrogen-bond donors (Lipinski definition) is 2. The molecule has 0 aliphatic heterocycles. The van der Waals surface area contributed by atoms with Gasteiger partial charge in [-0.1, -0.05) is 6.07 Å². The minimum atomic E-state index is -3.77. The van der Waals surface area contributed by atoms with Gasteiger partial charge in [0.1, 0.15) is 5.82 Å². The monoisotopic (exact) mass is 311 g/mol. The van der Waals surface area contributed by atoms with Gasteiger partial charge in [-0.3, -0.25) is 0 Å². The lowest BCUT2D eigenvalue weighted by Gasteiger charge is -2.13. The molecular formula is C15H18FNO3S. The van der Waals surface area contributed by atoms with Gasteiger partial charge in [0.15, 0.2) is 0 Å². The van der Waals surface area contributed by atoms with Crippen molar-refractivity contribution in [2.24, 2.45) is 23.7 Å². The van der Waals surface area contributed by atoms with Crippen molar-refractivity contribution in [3.05, 3.63) is 29.6 Å². The first-order valence-corrected chi connectivity index (χ1v) is 8.91. The summed E-state index contributed by atoms with van der Waals surface area (Å²) in [6, 6.07) is 3.48. The second-order valence-corrected chi connectivity index (χ2v) is 8.23. The Hall–Kier alpha value is -0.980. The predicted molar refractivity (Wildman–Crippen MR) is 74.2 cm³/mol. The standard InChI is InChI=1S/C15H18FNO3S/c16-11-4-3-10(7-18)12(6-11)21(19,20)17-15-13-8-1-2-9(5-8)14(13)15/h3-4,6,8-9,13-15,17-18H,1-2,5,7H2. The summed E-state index contributed by atoms with van der Waals surface area (Å²) >= 11 is 0. The lowest BCUT2D eigenvalue weighted by atomic mass is 10.0. The van der Waals surface area contributed by atoms with E-state index in [2.05, 4.69) is 4.72 Å². The smallest absolute Gasteiger partial charge is 0.241 e. The Morgan fingerprint density at radius 2 is 1.90 bits per heavy atom. The van der Waals surface area contributed by atoms with Crippen molar-refractivity contribution >= 4 is 10.0 Å². The van der Waals surface area contributed by atoms with E-state index >= 15 is 0 Å². The molecule has 0 heterocycles. The van der Waals surface area contributed by atoms with Gasteiger partial charge in [-0.05, 0) is 60.6 Å². The fourth-order valence-corrected chi connectivity index (χ4v) is 6.18. The Balaban J connectivity index is 1.59. The number of nitrogens with one attached hydrogen (secondary N) is 1. The predicted octanol–water partition coefficient (Wildman–Crippen LogP) is 1.64. The molecule has 1 aromatic rings. The highest BCUT2D eigenvalue weighted by atomic mass is 32.2. The van der Waals surface area contributed by atoms with Gasteiger partial charge in [0.2, 0.25) is 10.0 Å². The Morgan fingerprint density at radius 1 is 1.24 bits per heavy atom. The first-order valence-electron chi connectivity index (χ1n) is 7.43. The van der Waals surface area contributed by atoms with E-state index in [1.165, 1.54) is 25.3 Å². The topological polar surface area (TPSA) is 66.4 Å². The van der Waals surface area contributed by atoms with Crippen molar-refractivity contribution < 1.29 is 17.9 Å². The fraction of sp³-hybridized carbons (Fsp3) is 0.600. The van der Waals surface area contributed by atoms with E-state index in [-0.39, 0.29) is 16.5 Å². The van der Waals surface area contributed by atoms with Gasteiger partial charge in [0.25, 0.3) is 0 Å². The van der Waals surface area contributed by atoms with Gasteiger partial charge >= 0.3 is 0 Å². The number of hydrogen-bond acceptors (Lipinski definition) is 3. The van der Waals surface area contributed by atoms with Crippen LogP contribution < -0.4 is 4.72 Å². The van der Waals surface area contributed by atoms with Crippen molar-refractivity contribution in [3.63, 3.8) is 0 Å². The SMILES string of the molecule is O=S(=O)(NC1C2C3CCC(C3)C12)c1cc(F)ccc1CO. The van der Waals surface area contributed by atoms with Crippen molar-refractivity contribution in [1.29, 1.82) is 0 Å². The molecule has 0 radical (unpaired) electrons. The number of aliphatic hydroxyl groups is 1. The van der Waals surface area contributed by atoms with Crippen molar-refractivity contribution in [2.45, 2.75) is 36.8 Å². The summed E-state index contributed by atoms with van der Waals surface area (Å²) in [5.74, 6) is 1.67. The van der Waals surface area contributed by atoms with Crippen LogP contribution in [0.3, 0.4) is 0 Å². The van der Waals surface area contributed by atoms with Gasteiger partial charge < -0.3 is 5.11 Å². The molecule has 4 nitrogen and oxygen atoms in total. The first kappa shape index (κ1) is 13.7. The molecule has 4 unspecified atom stereocenters. The summed E-state index contributed by atoms with van der Waals surface area (Å²) in [7, 11) is -3.77. The van der Waals surface area contributed by atoms with Crippen LogP contribution in [0.1, 0.15) is 24.8 Å². The highest BCUT2D eigenvalue weighted by Crippen LogP contribution is 2.65. The Kier molecular flexibility index (Phi) is 2.93. The molecule has 4 atom stereocenters. The molecule has 3 fully saturated rings. The quantitative estimate of drug-likeness (QED) is 0.888. The van der Waals surface area contributed by atoms with Crippen molar-refractivity contribution in [2.75, 3.05) is 0 Å². The Labute approximate surface area is 123 Å². The van der Waals surface area contributed by atoms with E-state index in [9.17, 15) is 17.9 Å². The molecule has 2 bridgehead atoms. The second kappa shape index (κ2) is 4.51. The normalized spacial score (nSPS) is 36.8. The third-order valence-corrected chi connectivity index (χ3v) is 7.06. The van der Waals surface area contributed by atoms with Crippen molar-refractivity contribution in [1.82, 2.24) is 4.72 Å². The third-order valence-electron chi connectivity index (χ3n) is 5.52. The average Bonchev–Trinajstić information content (AvgIpc) is 2.85. The zero-order valence-electron chi connectivity index (χ0n) is 11.5. The molecular weight excluding hydrogens is 293 g/mol. The molecule has 0 saturated heterocycles. The molecule has 0 aromatic heterocycles. The third kappa shape index (κ3) is 2.04. The lowest BCUT2D eigenvalue weighted by molar-refractivity contribution is 0.278. The average molecular weight is 311 g/mol. The van der Waals surface area contributed by atoms with Gasteiger partial charge in [-0.25, -0.2) is 17.5 Å². The maximum Gasteiger partial charge on any atom is 0.241 e. The second-order valence-electron chi connectivity index (χ2n) is 6.55. The maximum atomic E-state index is 13.4. The first-order chi connectivity index (χ1) is 10.0. The molecule has 6 heteroatoms. The van der Waals surface area contributed by atoms with Crippen LogP contribution in [0.5, 0.6) is 0 Å². The number of rotatable bonds is 4. The molecule has 2 N–H and O–H groups in total. The zero-order chi connectivity index (χ0) is 14.8. The van der Waals surface area contributed by atoms with Crippen LogP contribution in [-0.2, 0) is 16.6 Å². The molecule has 4 rings (SSSR count). The summed E-state index contributed by atoms with van der Waals surface area (Å²) in [4.78, 5) is -0.137. The van der Waals surface area contributed by atoms with Gasteiger partial charge in [-0.2, -0.15) is 0 Å². The highest BCUT2D eigenvalue weighted by Gasteiger charge is 2.65. The van der Waals surface area contributed by atoms with E-state index in [0.717, 1.165) is 12.1 Å². The van der Waals surface area contributed by atoms with Crippen LogP contribution in [0, 0.1) is 29.5 Å². The number of aliphatic hydroxyl groups excluding tert-OH is 1. The molecule has 3 saturated carbocycles. The Bertz CT molecular complexity index is 674. The van der Waals surface area contributed by atoms with Crippen LogP contribution >= 0.6 is 0 Å². The van der Waals surface area contributed by atoms with Crippen LogP contribution in [0.2, 0.25) is 0 Å². The number of benzene rings is 1. The maximum absolute atomic E-state index is 13.4. The number of sulfonamides is 1. The summed E-state index contributed by atoms with van der Waals surface area (Å²) in [6.45, 7) is -0.417. The van der Waals surface area contributed by atoms with E-state index in [0.29, 0.717) is 23.7 Å². The lowest BCUT2D eigenvalue weighted by Crippen LogP contribution is -2.30. The van der Waals surface area contributed by atoms with Crippen LogP contribution in [0.15, 0.2) is 23.1 Å². The molecule has 3 aliphatic carbocycles. The highest BCUT2D eigenvalue weighted by molar-refractivity contribution is 7.89. The van der Waals surface area contributed by atoms with E-state index in [4.69, 9.17) is 0 Å². The number of fused-ring (bicyclic) bond motifs is 5. The summed E-state index contributed by atoms with van der Waals surface area (Å²) in [5.41, 5.74) is 0.234. The van der Waals surface area contributed by atoms with E-state index < -0.39 is 22.4 Å². The van der Waals surface area contributed by atoms with Gasteiger partial charge in [0.05, 0.1) is 11.5 Å². The molecule has 3 aliphatic rings. The minimum Gasteiger partial charge on any atom is -0.392 e. The van der Waals surface area contributed by atoms with Crippen LogP contribution in [0.25, 0.3) is 0 Å². The van der Waals surface area contributed by atoms with E-state index in [1.807, 2.05) is 0 Å². The zero-order valence-corrected chi connectivity index (χ0v) is 12.3. The number of halogens is 1. The minimum absolute atomic E-state index is 0.0102.